The van der Waals surface area contributed by atoms with Crippen LogP contribution in [0.3, 0.4) is 0 Å². The summed E-state index contributed by atoms with van der Waals surface area (Å²) in [4.78, 5) is 28.1. The molecule has 0 unspecified atom stereocenters. The van der Waals surface area contributed by atoms with Crippen molar-refractivity contribution in [1.29, 1.82) is 0 Å². The molecule has 0 atom stereocenters. The van der Waals surface area contributed by atoms with Gasteiger partial charge in [0.2, 0.25) is 5.91 Å². The van der Waals surface area contributed by atoms with Crippen LogP contribution in [0.2, 0.25) is 0 Å². The number of benzene rings is 1. The van der Waals surface area contributed by atoms with E-state index in [1.165, 1.54) is 23.1 Å². The monoisotopic (exact) mass is 427 g/mol. The summed E-state index contributed by atoms with van der Waals surface area (Å²) in [6.07, 6.45) is 0.0910. The predicted molar refractivity (Wildman–Crippen MR) is 112 cm³/mol. The SMILES string of the molecule is CCOC(=O)Cc1csc(NC(=O)CSc2nnc3ccc4ccccc4n23)n1. The molecule has 0 fully saturated rings. The Morgan fingerprint density at radius 2 is 2.07 bits per heavy atom. The number of esters is 1. The fourth-order valence-electron chi connectivity index (χ4n) is 2.80. The number of carbonyl (C=O) groups excluding carboxylic acids is 2. The lowest BCUT2D eigenvalue weighted by molar-refractivity contribution is -0.142. The number of ether oxygens (including phenoxy) is 1. The molecular weight excluding hydrogens is 410 g/mol. The van der Waals surface area contributed by atoms with Crippen molar-refractivity contribution in [3.8, 4) is 0 Å². The lowest BCUT2D eigenvalue weighted by Crippen LogP contribution is -2.14. The Bertz CT molecular complexity index is 1190. The van der Waals surface area contributed by atoms with Crippen molar-refractivity contribution in [2.24, 2.45) is 0 Å². The van der Waals surface area contributed by atoms with Crippen molar-refractivity contribution < 1.29 is 14.3 Å². The maximum absolute atomic E-state index is 12.3. The number of fused-ring (bicyclic) bond motifs is 3. The number of aromatic nitrogens is 4. The molecule has 0 aliphatic heterocycles. The Morgan fingerprint density at radius 3 is 2.93 bits per heavy atom. The minimum absolute atomic E-state index is 0.0910. The van der Waals surface area contributed by atoms with Gasteiger partial charge in [0, 0.05) is 5.38 Å². The molecule has 0 aliphatic rings. The van der Waals surface area contributed by atoms with Crippen LogP contribution in [0.25, 0.3) is 16.6 Å². The Kier molecular flexibility index (Phi) is 5.72. The van der Waals surface area contributed by atoms with Gasteiger partial charge < -0.3 is 10.1 Å². The average molecular weight is 428 g/mol. The highest BCUT2D eigenvalue weighted by Gasteiger charge is 2.14. The third kappa shape index (κ3) is 4.38. The smallest absolute Gasteiger partial charge is 0.311 e. The Hall–Kier alpha value is -2.98. The van der Waals surface area contributed by atoms with Gasteiger partial charge in [0.25, 0.3) is 0 Å². The zero-order chi connectivity index (χ0) is 20.2. The van der Waals surface area contributed by atoms with E-state index in [-0.39, 0.29) is 24.1 Å². The highest BCUT2D eigenvalue weighted by molar-refractivity contribution is 7.99. The average Bonchev–Trinajstić information content (AvgIpc) is 3.33. The minimum atomic E-state index is -0.336. The van der Waals surface area contributed by atoms with Crippen LogP contribution < -0.4 is 5.32 Å². The van der Waals surface area contributed by atoms with E-state index >= 15 is 0 Å². The molecule has 29 heavy (non-hydrogen) atoms. The Labute approximate surface area is 174 Å². The summed E-state index contributed by atoms with van der Waals surface area (Å²) in [7, 11) is 0. The number of carbonyl (C=O) groups is 2. The van der Waals surface area contributed by atoms with E-state index in [0.717, 1.165) is 16.6 Å². The number of hydrogen-bond donors (Lipinski definition) is 1. The predicted octanol–water partition coefficient (Wildman–Crippen LogP) is 3.18. The van der Waals surface area contributed by atoms with Crippen molar-refractivity contribution in [2.75, 3.05) is 17.7 Å². The van der Waals surface area contributed by atoms with Crippen LogP contribution in [0.15, 0.2) is 46.9 Å². The highest BCUT2D eigenvalue weighted by Crippen LogP contribution is 2.23. The first-order valence-electron chi connectivity index (χ1n) is 8.89. The lowest BCUT2D eigenvalue weighted by atomic mass is 10.2. The molecule has 1 N–H and O–H groups in total. The number of pyridine rings is 1. The molecule has 8 nitrogen and oxygen atoms in total. The molecular formula is C19H17N5O3S2. The van der Waals surface area contributed by atoms with Crippen molar-refractivity contribution >= 4 is 56.7 Å². The quantitative estimate of drug-likeness (QED) is 0.357. The van der Waals surface area contributed by atoms with Gasteiger partial charge in [0.05, 0.1) is 30.0 Å². The molecule has 0 bridgehead atoms. The number of para-hydroxylation sites is 1. The highest BCUT2D eigenvalue weighted by atomic mass is 32.2. The lowest BCUT2D eigenvalue weighted by Gasteiger charge is -2.04. The summed E-state index contributed by atoms with van der Waals surface area (Å²) in [6, 6.07) is 11.8. The number of hydrogen-bond acceptors (Lipinski definition) is 8. The van der Waals surface area contributed by atoms with Crippen LogP contribution in [0.5, 0.6) is 0 Å². The van der Waals surface area contributed by atoms with E-state index in [2.05, 4.69) is 20.5 Å². The molecule has 1 aromatic carbocycles. The number of thioether (sulfide) groups is 1. The van der Waals surface area contributed by atoms with E-state index in [4.69, 9.17) is 4.74 Å². The standard InChI is InChI=1S/C19H17N5O3S2/c1-2-27-17(26)9-13-10-28-18(20-13)21-16(25)11-29-19-23-22-15-8-7-12-5-3-4-6-14(12)24(15)19/h3-8,10H,2,9,11H2,1H3,(H,20,21,25). The van der Waals surface area contributed by atoms with Gasteiger partial charge in [-0.3, -0.25) is 14.0 Å². The topological polar surface area (TPSA) is 98.5 Å². The minimum Gasteiger partial charge on any atom is -0.466 e. The molecule has 148 valence electrons. The zero-order valence-corrected chi connectivity index (χ0v) is 17.1. The molecule has 3 heterocycles. The fourth-order valence-corrected chi connectivity index (χ4v) is 4.27. The molecule has 4 rings (SSSR count). The van der Waals surface area contributed by atoms with Crippen LogP contribution in [0.4, 0.5) is 5.13 Å². The van der Waals surface area contributed by atoms with Gasteiger partial charge in [-0.15, -0.1) is 21.5 Å². The molecule has 0 radical (unpaired) electrons. The van der Waals surface area contributed by atoms with Gasteiger partial charge in [-0.05, 0) is 30.5 Å². The van der Waals surface area contributed by atoms with Gasteiger partial charge in [0.1, 0.15) is 0 Å². The van der Waals surface area contributed by atoms with Gasteiger partial charge >= 0.3 is 5.97 Å². The van der Waals surface area contributed by atoms with Crippen LogP contribution in [0.1, 0.15) is 12.6 Å². The van der Waals surface area contributed by atoms with Crippen LogP contribution in [-0.4, -0.2) is 43.8 Å². The molecule has 0 saturated carbocycles. The van der Waals surface area contributed by atoms with Crippen molar-refractivity contribution in [2.45, 2.75) is 18.5 Å². The van der Waals surface area contributed by atoms with Crippen LogP contribution >= 0.6 is 23.1 Å². The first-order valence-corrected chi connectivity index (χ1v) is 10.8. The number of rotatable bonds is 7. The molecule has 10 heteroatoms. The van der Waals surface area contributed by atoms with Crippen molar-refractivity contribution in [3.63, 3.8) is 0 Å². The van der Waals surface area contributed by atoms with Gasteiger partial charge in [-0.2, -0.15) is 0 Å². The second-order valence-corrected chi connectivity index (χ2v) is 7.83. The summed E-state index contributed by atoms with van der Waals surface area (Å²) in [5.41, 5.74) is 2.29. The molecule has 1 amide bonds. The summed E-state index contributed by atoms with van der Waals surface area (Å²) in [5, 5.41) is 15.1. The normalized spacial score (nSPS) is 11.1. The van der Waals surface area contributed by atoms with E-state index in [0.29, 0.717) is 22.6 Å². The van der Waals surface area contributed by atoms with E-state index < -0.39 is 0 Å². The summed E-state index contributed by atoms with van der Waals surface area (Å²) in [6.45, 7) is 2.08. The Morgan fingerprint density at radius 1 is 1.21 bits per heavy atom. The maximum atomic E-state index is 12.3. The number of amides is 1. The van der Waals surface area contributed by atoms with Crippen molar-refractivity contribution in [1.82, 2.24) is 19.6 Å². The molecule has 3 aromatic heterocycles. The number of nitrogens with zero attached hydrogens (tertiary/aromatic N) is 4. The third-order valence-electron chi connectivity index (χ3n) is 4.01. The third-order valence-corrected chi connectivity index (χ3v) is 5.74. The summed E-state index contributed by atoms with van der Waals surface area (Å²) >= 11 is 2.58. The van der Waals surface area contributed by atoms with Crippen molar-refractivity contribution in [3.05, 3.63) is 47.5 Å². The molecule has 0 aliphatic carbocycles. The van der Waals surface area contributed by atoms with E-state index in [1.807, 2.05) is 40.8 Å². The number of nitrogens with one attached hydrogen (secondary N) is 1. The maximum Gasteiger partial charge on any atom is 0.311 e. The van der Waals surface area contributed by atoms with E-state index in [9.17, 15) is 9.59 Å². The summed E-state index contributed by atoms with van der Waals surface area (Å²) in [5.74, 6) is -0.377. The first-order chi connectivity index (χ1) is 14.1. The largest absolute Gasteiger partial charge is 0.466 e. The first kappa shape index (κ1) is 19.3. The second-order valence-electron chi connectivity index (χ2n) is 6.03. The van der Waals surface area contributed by atoms with Crippen LogP contribution in [0, 0.1) is 0 Å². The molecule has 0 saturated heterocycles. The fraction of sp³-hybridized carbons (Fsp3) is 0.211. The van der Waals surface area contributed by atoms with Gasteiger partial charge in [0.15, 0.2) is 15.9 Å². The zero-order valence-electron chi connectivity index (χ0n) is 15.5. The van der Waals surface area contributed by atoms with E-state index in [1.54, 1.807) is 12.3 Å². The molecule has 0 spiro atoms. The number of anilines is 1. The number of thiazole rings is 1. The second kappa shape index (κ2) is 8.58. The Balaban J connectivity index is 1.41. The van der Waals surface area contributed by atoms with Crippen LogP contribution in [-0.2, 0) is 20.7 Å². The van der Waals surface area contributed by atoms with Gasteiger partial charge in [-0.1, -0.05) is 30.0 Å². The molecule has 4 aromatic rings. The van der Waals surface area contributed by atoms with Gasteiger partial charge in [-0.25, -0.2) is 4.98 Å². The summed E-state index contributed by atoms with van der Waals surface area (Å²) < 4.78 is 6.84.